The second-order valence-corrected chi connectivity index (χ2v) is 10.1. The highest BCUT2D eigenvalue weighted by Gasteiger charge is 2.50. The van der Waals surface area contributed by atoms with Crippen LogP contribution in [-0.2, 0) is 11.2 Å². The number of alkyl halides is 1. The molecule has 0 bridgehead atoms. The summed E-state index contributed by atoms with van der Waals surface area (Å²) in [6, 6.07) is 12.9. The molecule has 33 heavy (non-hydrogen) atoms. The van der Waals surface area contributed by atoms with E-state index in [1.165, 1.54) is 13.0 Å². The van der Waals surface area contributed by atoms with Crippen molar-refractivity contribution in [2.24, 2.45) is 11.8 Å². The van der Waals surface area contributed by atoms with Crippen LogP contribution in [0.4, 0.5) is 8.78 Å². The molecular formula is C28H34F2O3. The molecule has 0 radical (unpaired) electrons. The van der Waals surface area contributed by atoms with Crippen molar-refractivity contribution in [1.82, 2.24) is 0 Å². The van der Waals surface area contributed by atoms with Crippen molar-refractivity contribution in [2.75, 3.05) is 7.11 Å². The van der Waals surface area contributed by atoms with E-state index in [1.807, 2.05) is 24.3 Å². The van der Waals surface area contributed by atoms with Crippen LogP contribution in [0.25, 0.3) is 0 Å². The van der Waals surface area contributed by atoms with E-state index in [0.717, 1.165) is 68.1 Å². The predicted molar refractivity (Wildman–Crippen MR) is 125 cm³/mol. The van der Waals surface area contributed by atoms with Gasteiger partial charge in [-0.25, -0.2) is 13.6 Å². The Hall–Kier alpha value is -2.43. The minimum absolute atomic E-state index is 0.110. The Labute approximate surface area is 195 Å². The number of rotatable bonds is 9. The van der Waals surface area contributed by atoms with E-state index in [-0.39, 0.29) is 17.7 Å². The smallest absolute Gasteiger partial charge is 0.341 e. The molecule has 2 aromatic carbocycles. The lowest BCUT2D eigenvalue weighted by Crippen LogP contribution is -2.38. The molecule has 0 aromatic heterocycles. The van der Waals surface area contributed by atoms with E-state index in [4.69, 9.17) is 4.74 Å². The quantitative estimate of drug-likeness (QED) is 0.440. The molecule has 1 unspecified atom stereocenters. The summed E-state index contributed by atoms with van der Waals surface area (Å²) < 4.78 is 34.7. The fourth-order valence-electron chi connectivity index (χ4n) is 5.63. The van der Waals surface area contributed by atoms with Gasteiger partial charge in [-0.1, -0.05) is 24.3 Å². The van der Waals surface area contributed by atoms with Crippen LogP contribution in [0.1, 0.15) is 80.4 Å². The van der Waals surface area contributed by atoms with Crippen molar-refractivity contribution in [1.29, 1.82) is 0 Å². The molecule has 3 nitrogen and oxygen atoms in total. The molecule has 178 valence electrons. The molecule has 0 aliphatic heterocycles. The maximum atomic E-state index is 15.1. The molecule has 2 aromatic rings. The Morgan fingerprint density at radius 2 is 1.85 bits per heavy atom. The van der Waals surface area contributed by atoms with Crippen LogP contribution >= 0.6 is 0 Å². The van der Waals surface area contributed by atoms with Crippen LogP contribution in [0.15, 0.2) is 42.5 Å². The molecule has 0 saturated heterocycles. The Morgan fingerprint density at radius 1 is 1.12 bits per heavy atom. The maximum Gasteiger partial charge on any atom is 0.341 e. The Kier molecular flexibility index (Phi) is 7.06. The Bertz CT molecular complexity index is 975. The highest BCUT2D eigenvalue weighted by atomic mass is 19.1. The first-order chi connectivity index (χ1) is 15.8. The van der Waals surface area contributed by atoms with Crippen molar-refractivity contribution in [3.8, 4) is 5.75 Å². The van der Waals surface area contributed by atoms with Crippen LogP contribution in [0.2, 0.25) is 0 Å². The average molecular weight is 457 g/mol. The molecule has 5 heteroatoms. The van der Waals surface area contributed by atoms with Crippen molar-refractivity contribution in [3.05, 3.63) is 65.0 Å². The first kappa shape index (κ1) is 23.7. The van der Waals surface area contributed by atoms with Crippen LogP contribution < -0.4 is 4.74 Å². The molecule has 4 rings (SSSR count). The molecule has 0 amide bonds. The lowest BCUT2D eigenvalue weighted by Gasteiger charge is -2.29. The Morgan fingerprint density at radius 3 is 2.48 bits per heavy atom. The van der Waals surface area contributed by atoms with Gasteiger partial charge < -0.3 is 9.84 Å². The number of carboxylic acids is 1. The van der Waals surface area contributed by atoms with Crippen molar-refractivity contribution in [3.63, 3.8) is 0 Å². The summed E-state index contributed by atoms with van der Waals surface area (Å²) in [5, 5.41) is 9.44. The summed E-state index contributed by atoms with van der Waals surface area (Å²) in [5.41, 5.74) is 0.451. The van der Waals surface area contributed by atoms with Gasteiger partial charge in [0, 0.05) is 5.92 Å². The molecule has 2 saturated carbocycles. The van der Waals surface area contributed by atoms with E-state index in [1.54, 1.807) is 13.2 Å². The lowest BCUT2D eigenvalue weighted by atomic mass is 9.76. The van der Waals surface area contributed by atoms with Gasteiger partial charge in [-0.2, -0.15) is 0 Å². The molecule has 0 heterocycles. The predicted octanol–water partition coefficient (Wildman–Crippen LogP) is 7.05. The van der Waals surface area contributed by atoms with E-state index < -0.39 is 17.6 Å². The van der Waals surface area contributed by atoms with Gasteiger partial charge in [0.25, 0.3) is 0 Å². The summed E-state index contributed by atoms with van der Waals surface area (Å²) in [7, 11) is 1.60. The standard InChI is InChI=1S/C28H34F2O3/c1-28(30,27(31)32)26(21-12-13-21)22-5-3-4-19(16-22)7-6-18-8-10-20(11-9-18)24-17-23(33-2)14-15-25(24)29/h3-5,14-18,20-21,26H,6-13H2,1-2H3,(H,31,32)/t18-,20-,26-,28?/m0/s1. The number of methoxy groups -OCH3 is 1. The van der Waals surface area contributed by atoms with Crippen LogP contribution in [0, 0.1) is 17.7 Å². The molecule has 1 N–H and O–H groups in total. The number of benzene rings is 2. The van der Waals surface area contributed by atoms with Crippen LogP contribution in [-0.4, -0.2) is 23.9 Å². The van der Waals surface area contributed by atoms with E-state index in [2.05, 4.69) is 6.07 Å². The molecule has 0 spiro atoms. The van der Waals surface area contributed by atoms with E-state index >= 15 is 4.39 Å². The lowest BCUT2D eigenvalue weighted by molar-refractivity contribution is -0.151. The van der Waals surface area contributed by atoms with E-state index in [0.29, 0.717) is 11.7 Å². The number of ether oxygens (including phenoxy) is 1. The summed E-state index contributed by atoms with van der Waals surface area (Å²) >= 11 is 0. The van der Waals surface area contributed by atoms with E-state index in [9.17, 15) is 14.3 Å². The molecule has 2 aliphatic carbocycles. The van der Waals surface area contributed by atoms with Gasteiger partial charge in [0.1, 0.15) is 11.6 Å². The molecular weight excluding hydrogens is 422 g/mol. The van der Waals surface area contributed by atoms with Crippen LogP contribution in [0.3, 0.4) is 0 Å². The minimum Gasteiger partial charge on any atom is -0.497 e. The van der Waals surface area contributed by atoms with Gasteiger partial charge in [0.2, 0.25) is 5.67 Å². The zero-order valence-corrected chi connectivity index (χ0v) is 19.5. The molecule has 2 atom stereocenters. The third-order valence-corrected chi connectivity index (χ3v) is 7.74. The highest BCUT2D eigenvalue weighted by Crippen LogP contribution is 2.50. The van der Waals surface area contributed by atoms with Gasteiger partial charge in [-0.15, -0.1) is 0 Å². The van der Waals surface area contributed by atoms with Gasteiger partial charge in [0.15, 0.2) is 0 Å². The second kappa shape index (κ2) is 9.82. The zero-order valence-electron chi connectivity index (χ0n) is 19.5. The summed E-state index contributed by atoms with van der Waals surface area (Å²) in [5.74, 6) is -0.496. The number of hydrogen-bond donors (Lipinski definition) is 1. The SMILES string of the molecule is COc1ccc(F)c([C@H]2CC[C@H](CCc3cccc([C@H](C4CC4)C(C)(F)C(=O)O)c3)CC2)c1. The molecule has 2 fully saturated rings. The monoisotopic (exact) mass is 456 g/mol. The minimum atomic E-state index is -2.26. The maximum absolute atomic E-state index is 15.1. The number of carbonyl (C=O) groups is 1. The van der Waals surface area contributed by atoms with Gasteiger partial charge in [0.05, 0.1) is 7.11 Å². The van der Waals surface area contributed by atoms with Gasteiger partial charge in [-0.3, -0.25) is 0 Å². The highest BCUT2D eigenvalue weighted by molar-refractivity contribution is 5.78. The average Bonchev–Trinajstić information content (AvgIpc) is 3.63. The Balaban J connectivity index is 1.36. The number of halogens is 2. The third-order valence-electron chi connectivity index (χ3n) is 7.74. The second-order valence-electron chi connectivity index (χ2n) is 10.1. The largest absolute Gasteiger partial charge is 0.497 e. The first-order valence-electron chi connectivity index (χ1n) is 12.1. The zero-order chi connectivity index (χ0) is 23.6. The summed E-state index contributed by atoms with van der Waals surface area (Å²) in [6.07, 6.45) is 7.77. The number of aryl methyl sites for hydroxylation is 1. The number of hydrogen-bond acceptors (Lipinski definition) is 2. The van der Waals surface area contributed by atoms with Crippen molar-refractivity contribution in [2.45, 2.75) is 75.8 Å². The first-order valence-corrected chi connectivity index (χ1v) is 12.1. The van der Waals surface area contributed by atoms with Crippen molar-refractivity contribution < 1.29 is 23.4 Å². The summed E-state index contributed by atoms with van der Waals surface area (Å²) in [6.45, 7) is 1.20. The van der Waals surface area contributed by atoms with Crippen molar-refractivity contribution >= 4 is 5.97 Å². The topological polar surface area (TPSA) is 46.5 Å². The fraction of sp³-hybridized carbons (Fsp3) is 0.536. The van der Waals surface area contributed by atoms with Gasteiger partial charge in [-0.05, 0) is 111 Å². The number of aliphatic carboxylic acids is 1. The van der Waals surface area contributed by atoms with Gasteiger partial charge >= 0.3 is 5.97 Å². The molecule has 2 aliphatic rings. The normalized spacial score (nSPS) is 23.5. The fourth-order valence-corrected chi connectivity index (χ4v) is 5.63. The third kappa shape index (κ3) is 5.39. The number of carboxylic acid groups (broad SMARTS) is 1. The van der Waals surface area contributed by atoms with Crippen LogP contribution in [0.5, 0.6) is 5.75 Å². The summed E-state index contributed by atoms with van der Waals surface area (Å²) in [4.78, 5) is 11.6.